The largest absolute Gasteiger partial charge is 0.378 e. The van der Waals surface area contributed by atoms with Gasteiger partial charge in [0.2, 0.25) is 0 Å². The van der Waals surface area contributed by atoms with Crippen LogP contribution in [0.15, 0.2) is 12.3 Å². The number of unbranched alkanes of at least 4 members (excludes halogenated alkanes) is 5. The molecule has 0 heterocycles. The van der Waals surface area contributed by atoms with Gasteiger partial charge >= 0.3 is 0 Å². The van der Waals surface area contributed by atoms with Gasteiger partial charge in [-0.25, -0.2) is 0 Å². The number of hydrogen-bond acceptors (Lipinski definition) is 2. The minimum atomic E-state index is 0.568. The molecule has 19 heavy (non-hydrogen) atoms. The van der Waals surface area contributed by atoms with Crippen molar-refractivity contribution < 1.29 is 0 Å². The summed E-state index contributed by atoms with van der Waals surface area (Å²) in [4.78, 5) is 2.32. The third-order valence-corrected chi connectivity index (χ3v) is 3.63. The van der Waals surface area contributed by atoms with E-state index in [0.717, 1.165) is 6.54 Å². The highest BCUT2D eigenvalue weighted by Gasteiger charge is 2.05. The normalized spacial score (nSPS) is 11.3. The van der Waals surface area contributed by atoms with Gasteiger partial charge in [0.15, 0.2) is 0 Å². The third-order valence-electron chi connectivity index (χ3n) is 3.63. The van der Waals surface area contributed by atoms with Crippen LogP contribution in [0.1, 0.15) is 66.2 Å². The van der Waals surface area contributed by atoms with Gasteiger partial charge < -0.3 is 10.2 Å². The van der Waals surface area contributed by atoms with Crippen LogP contribution in [0.2, 0.25) is 0 Å². The van der Waals surface area contributed by atoms with E-state index in [1.165, 1.54) is 50.8 Å². The van der Waals surface area contributed by atoms with Crippen molar-refractivity contribution >= 4 is 0 Å². The second-order valence-electron chi connectivity index (χ2n) is 6.30. The summed E-state index contributed by atoms with van der Waals surface area (Å²) in [5.41, 5.74) is 1.26. The molecule has 1 N–H and O–H groups in total. The summed E-state index contributed by atoms with van der Waals surface area (Å²) in [6.45, 7) is 15.3. The summed E-state index contributed by atoms with van der Waals surface area (Å²) in [5.74, 6) is 0.568. The Morgan fingerprint density at radius 3 is 2.00 bits per heavy atom. The predicted molar refractivity (Wildman–Crippen MR) is 87.4 cm³/mol. The molecule has 2 nitrogen and oxygen atoms in total. The molecule has 0 aromatic heterocycles. The Labute approximate surface area is 121 Å². The Morgan fingerprint density at radius 2 is 1.47 bits per heavy atom. The smallest absolute Gasteiger partial charge is 0.0171 e. The molecule has 0 saturated carbocycles. The molecule has 0 aromatic carbocycles. The van der Waals surface area contributed by atoms with Crippen molar-refractivity contribution in [1.82, 2.24) is 10.2 Å². The lowest BCUT2D eigenvalue weighted by Gasteiger charge is -2.24. The molecule has 0 aliphatic heterocycles. The molecule has 0 aromatic rings. The Bertz CT molecular complexity index is 221. The summed E-state index contributed by atoms with van der Waals surface area (Å²) < 4.78 is 0. The van der Waals surface area contributed by atoms with Crippen LogP contribution < -0.4 is 5.32 Å². The highest BCUT2D eigenvalue weighted by Crippen LogP contribution is 2.12. The molecule has 0 unspecified atom stereocenters. The second kappa shape index (κ2) is 11.3. The first-order valence-electron chi connectivity index (χ1n) is 8.08. The molecule has 0 aliphatic carbocycles. The molecule has 114 valence electrons. The standard InChI is InChI=1S/C17H36N2/c1-15(2)17(5)19(6)14-12-10-8-7-9-11-13-18-16(3)4/h15-16,18H,5,7-14H2,1-4,6H3. The van der Waals surface area contributed by atoms with Crippen molar-refractivity contribution in [3.05, 3.63) is 12.3 Å². The second-order valence-corrected chi connectivity index (χ2v) is 6.30. The molecule has 0 fully saturated rings. The summed E-state index contributed by atoms with van der Waals surface area (Å²) >= 11 is 0. The average molecular weight is 268 g/mol. The Morgan fingerprint density at radius 1 is 0.947 bits per heavy atom. The molecule has 2 heteroatoms. The lowest BCUT2D eigenvalue weighted by atomic mass is 10.1. The number of allylic oxidation sites excluding steroid dienone is 1. The van der Waals surface area contributed by atoms with Gasteiger partial charge in [-0.1, -0.05) is 60.0 Å². The number of nitrogens with zero attached hydrogens (tertiary/aromatic N) is 1. The van der Waals surface area contributed by atoms with Gasteiger partial charge in [-0.3, -0.25) is 0 Å². The Hall–Kier alpha value is -0.500. The predicted octanol–water partition coefficient (Wildman–Crippen LogP) is 4.43. The number of nitrogens with one attached hydrogen (secondary N) is 1. The minimum absolute atomic E-state index is 0.568. The lowest BCUT2D eigenvalue weighted by Crippen LogP contribution is -2.23. The molecule has 0 radical (unpaired) electrons. The topological polar surface area (TPSA) is 15.3 Å². The van der Waals surface area contributed by atoms with Crippen molar-refractivity contribution in [3.8, 4) is 0 Å². The van der Waals surface area contributed by atoms with E-state index < -0.39 is 0 Å². The molecule has 0 saturated heterocycles. The molecule has 0 atom stereocenters. The highest BCUT2D eigenvalue weighted by atomic mass is 15.1. The van der Waals surface area contributed by atoms with E-state index in [1.807, 2.05) is 0 Å². The third kappa shape index (κ3) is 11.1. The quantitative estimate of drug-likeness (QED) is 0.527. The fourth-order valence-corrected chi connectivity index (χ4v) is 2.16. The van der Waals surface area contributed by atoms with Gasteiger partial charge in [-0.05, 0) is 25.3 Å². The van der Waals surface area contributed by atoms with Crippen LogP contribution in [0.4, 0.5) is 0 Å². The van der Waals surface area contributed by atoms with Crippen LogP contribution in [-0.2, 0) is 0 Å². The lowest BCUT2D eigenvalue weighted by molar-refractivity contribution is 0.362. The molecule has 0 spiro atoms. The van der Waals surface area contributed by atoms with E-state index in [2.05, 4.69) is 51.5 Å². The Kier molecular flexibility index (Phi) is 11.0. The molecule has 0 aliphatic rings. The van der Waals surface area contributed by atoms with E-state index in [0.29, 0.717) is 12.0 Å². The number of rotatable bonds is 12. The first kappa shape index (κ1) is 18.5. The van der Waals surface area contributed by atoms with Crippen LogP contribution >= 0.6 is 0 Å². The Balaban J connectivity index is 3.29. The van der Waals surface area contributed by atoms with Crippen molar-refractivity contribution in [2.45, 2.75) is 72.3 Å². The maximum Gasteiger partial charge on any atom is 0.0171 e. The van der Waals surface area contributed by atoms with Gasteiger partial charge in [-0.15, -0.1) is 0 Å². The van der Waals surface area contributed by atoms with E-state index in [9.17, 15) is 0 Å². The van der Waals surface area contributed by atoms with Gasteiger partial charge in [0.05, 0.1) is 0 Å². The minimum Gasteiger partial charge on any atom is -0.378 e. The van der Waals surface area contributed by atoms with E-state index in [-0.39, 0.29) is 0 Å². The van der Waals surface area contributed by atoms with Gasteiger partial charge in [-0.2, -0.15) is 0 Å². The zero-order chi connectivity index (χ0) is 14.7. The van der Waals surface area contributed by atoms with Crippen LogP contribution in [0.5, 0.6) is 0 Å². The van der Waals surface area contributed by atoms with Crippen molar-refractivity contribution in [1.29, 1.82) is 0 Å². The molecule has 0 rings (SSSR count). The SMILES string of the molecule is C=C(C(C)C)N(C)CCCCCCCCNC(C)C. The monoisotopic (exact) mass is 268 g/mol. The van der Waals surface area contributed by atoms with Crippen LogP contribution in [0.25, 0.3) is 0 Å². The molecular formula is C17H36N2. The zero-order valence-electron chi connectivity index (χ0n) is 14.0. The maximum atomic E-state index is 4.14. The summed E-state index contributed by atoms with van der Waals surface area (Å²) in [6.07, 6.45) is 8.11. The highest BCUT2D eigenvalue weighted by molar-refractivity contribution is 4.95. The summed E-state index contributed by atoms with van der Waals surface area (Å²) in [7, 11) is 2.17. The average Bonchev–Trinajstić information content (AvgIpc) is 2.35. The van der Waals surface area contributed by atoms with Crippen molar-refractivity contribution in [2.24, 2.45) is 5.92 Å². The summed E-state index contributed by atoms with van der Waals surface area (Å²) in [6, 6.07) is 0.629. The van der Waals surface area contributed by atoms with Crippen LogP contribution in [-0.4, -0.2) is 31.1 Å². The molecular weight excluding hydrogens is 232 g/mol. The summed E-state index contributed by atoms with van der Waals surface area (Å²) in [5, 5.41) is 3.47. The zero-order valence-corrected chi connectivity index (χ0v) is 14.0. The first-order valence-corrected chi connectivity index (χ1v) is 8.08. The number of hydrogen-bond donors (Lipinski definition) is 1. The van der Waals surface area contributed by atoms with E-state index in [4.69, 9.17) is 0 Å². The van der Waals surface area contributed by atoms with E-state index >= 15 is 0 Å². The fourth-order valence-electron chi connectivity index (χ4n) is 2.16. The van der Waals surface area contributed by atoms with Crippen LogP contribution in [0, 0.1) is 5.92 Å². The fraction of sp³-hybridized carbons (Fsp3) is 0.882. The van der Waals surface area contributed by atoms with Crippen LogP contribution in [0.3, 0.4) is 0 Å². The van der Waals surface area contributed by atoms with Gasteiger partial charge in [0, 0.05) is 25.3 Å². The first-order chi connectivity index (χ1) is 8.95. The van der Waals surface area contributed by atoms with Gasteiger partial charge in [0.1, 0.15) is 0 Å². The van der Waals surface area contributed by atoms with Crippen molar-refractivity contribution in [2.75, 3.05) is 20.1 Å². The molecule has 0 bridgehead atoms. The maximum absolute atomic E-state index is 4.14. The van der Waals surface area contributed by atoms with Crippen molar-refractivity contribution in [3.63, 3.8) is 0 Å². The van der Waals surface area contributed by atoms with Gasteiger partial charge in [0.25, 0.3) is 0 Å². The molecule has 0 amide bonds. The van der Waals surface area contributed by atoms with E-state index in [1.54, 1.807) is 0 Å².